The van der Waals surface area contributed by atoms with E-state index in [1.165, 1.54) is 36.9 Å². The van der Waals surface area contributed by atoms with Gasteiger partial charge in [-0.2, -0.15) is 13.2 Å². The van der Waals surface area contributed by atoms with Crippen molar-refractivity contribution in [2.75, 3.05) is 5.75 Å². The Morgan fingerprint density at radius 1 is 1.21 bits per heavy atom. The molecule has 24 heavy (non-hydrogen) atoms. The number of carbonyl (C=O) groups is 1. The molecule has 6 heteroatoms. The Labute approximate surface area is 143 Å². The number of alkyl halides is 3. The number of thioether (sulfide) groups is 1. The van der Waals surface area contributed by atoms with Crippen molar-refractivity contribution in [3.8, 4) is 0 Å². The van der Waals surface area contributed by atoms with Crippen LogP contribution in [0.2, 0.25) is 0 Å². The second-order valence-corrected chi connectivity index (χ2v) is 8.70. The van der Waals surface area contributed by atoms with E-state index in [4.69, 9.17) is 0 Å². The van der Waals surface area contributed by atoms with Gasteiger partial charge in [0.25, 0.3) is 0 Å². The predicted octanol–water partition coefficient (Wildman–Crippen LogP) is 4.73. The molecular weight excluding hydrogens is 335 g/mol. The number of hydrogen-bond acceptors (Lipinski definition) is 3. The first-order valence-corrected chi connectivity index (χ1v) is 9.64. The minimum atomic E-state index is -4.40. The zero-order valence-electron chi connectivity index (χ0n) is 13.3. The maximum atomic E-state index is 12.7. The van der Waals surface area contributed by atoms with E-state index in [9.17, 15) is 18.0 Å². The fraction of sp³-hybridized carbons (Fsp3) is 0.667. The molecule has 4 fully saturated rings. The Hall–Kier alpha value is -1.04. The van der Waals surface area contributed by atoms with E-state index in [2.05, 4.69) is 4.98 Å². The van der Waals surface area contributed by atoms with Crippen molar-refractivity contribution in [3.05, 3.63) is 29.6 Å². The van der Waals surface area contributed by atoms with Crippen molar-refractivity contribution in [1.29, 1.82) is 0 Å². The number of halogens is 3. The maximum Gasteiger partial charge on any atom is 0.433 e. The topological polar surface area (TPSA) is 30.0 Å². The molecule has 1 aromatic heterocycles. The van der Waals surface area contributed by atoms with Gasteiger partial charge in [0.15, 0.2) is 0 Å². The number of aromatic nitrogens is 1. The van der Waals surface area contributed by atoms with Crippen molar-refractivity contribution < 1.29 is 18.0 Å². The van der Waals surface area contributed by atoms with Gasteiger partial charge in [0.05, 0.1) is 5.75 Å². The summed E-state index contributed by atoms with van der Waals surface area (Å²) in [5.41, 5.74) is -0.208. The number of hydrogen-bond donors (Lipinski definition) is 0. The van der Waals surface area contributed by atoms with Gasteiger partial charge in [0, 0.05) is 17.4 Å². The summed E-state index contributed by atoms with van der Waals surface area (Å²) in [6.07, 6.45) is 2.74. The second kappa shape index (κ2) is 5.75. The van der Waals surface area contributed by atoms with Gasteiger partial charge in [-0.1, -0.05) is 6.07 Å². The number of rotatable bonds is 5. The van der Waals surface area contributed by atoms with Crippen molar-refractivity contribution in [3.63, 3.8) is 0 Å². The molecule has 4 saturated carbocycles. The van der Waals surface area contributed by atoms with Crippen LogP contribution < -0.4 is 0 Å². The molecule has 0 spiro atoms. The third kappa shape index (κ3) is 2.87. The highest BCUT2D eigenvalue weighted by Crippen LogP contribution is 2.64. The second-order valence-electron chi connectivity index (χ2n) is 7.72. The Bertz CT molecular complexity index is 623. The van der Waals surface area contributed by atoms with Crippen LogP contribution in [0.15, 0.2) is 18.3 Å². The number of ketones is 1. The van der Waals surface area contributed by atoms with E-state index in [1.807, 2.05) is 0 Å². The third-order valence-corrected chi connectivity index (χ3v) is 7.14. The summed E-state index contributed by atoms with van der Waals surface area (Å²) in [7, 11) is 0. The molecule has 0 N–H and O–H groups in total. The quantitative estimate of drug-likeness (QED) is 0.765. The largest absolute Gasteiger partial charge is 0.433 e. The minimum absolute atomic E-state index is 0.0676. The van der Waals surface area contributed by atoms with Crippen LogP contribution in [0.3, 0.4) is 0 Å². The lowest BCUT2D eigenvalue weighted by molar-refractivity contribution is -0.141. The molecule has 0 radical (unpaired) electrons. The van der Waals surface area contributed by atoms with Crippen molar-refractivity contribution in [2.45, 2.75) is 44.0 Å². The van der Waals surface area contributed by atoms with Crippen molar-refractivity contribution in [2.24, 2.45) is 23.2 Å². The first-order chi connectivity index (χ1) is 11.4. The molecule has 4 aliphatic rings. The van der Waals surface area contributed by atoms with Crippen LogP contribution in [-0.2, 0) is 16.7 Å². The van der Waals surface area contributed by atoms with E-state index >= 15 is 0 Å². The summed E-state index contributed by atoms with van der Waals surface area (Å²) in [6, 6.07) is 2.46. The Balaban J connectivity index is 1.31. The van der Waals surface area contributed by atoms with E-state index in [1.54, 1.807) is 0 Å². The monoisotopic (exact) mass is 355 g/mol. The van der Waals surface area contributed by atoms with Crippen LogP contribution in [0, 0.1) is 23.2 Å². The fourth-order valence-electron chi connectivity index (χ4n) is 5.24. The van der Waals surface area contributed by atoms with E-state index in [0.29, 0.717) is 17.3 Å². The summed E-state index contributed by atoms with van der Waals surface area (Å²) >= 11 is 1.50. The maximum absolute atomic E-state index is 12.7. The normalized spacial score (nSPS) is 34.0. The molecule has 0 saturated heterocycles. The van der Waals surface area contributed by atoms with Gasteiger partial charge >= 0.3 is 6.18 Å². The average Bonchev–Trinajstić information content (AvgIpc) is 2.94. The molecule has 0 aromatic carbocycles. The third-order valence-electron chi connectivity index (χ3n) is 6.13. The summed E-state index contributed by atoms with van der Waals surface area (Å²) < 4.78 is 37.5. The van der Waals surface area contributed by atoms with Gasteiger partial charge in [-0.05, 0) is 61.5 Å². The molecule has 0 aliphatic heterocycles. The highest BCUT2D eigenvalue weighted by atomic mass is 32.2. The number of carbonyl (C=O) groups excluding carboxylic acids is 1. The van der Waals surface area contributed by atoms with E-state index < -0.39 is 11.9 Å². The zero-order valence-corrected chi connectivity index (χ0v) is 14.1. The first kappa shape index (κ1) is 16.4. The van der Waals surface area contributed by atoms with Crippen LogP contribution in [-0.4, -0.2) is 16.5 Å². The molecule has 1 aromatic rings. The molecule has 2 nitrogen and oxygen atoms in total. The molecule has 1 heterocycles. The Morgan fingerprint density at radius 3 is 2.46 bits per heavy atom. The number of Topliss-reactive ketones (excluding diaryl/α,β-unsaturated/α-hetero) is 1. The zero-order chi connectivity index (χ0) is 16.9. The number of pyridine rings is 1. The van der Waals surface area contributed by atoms with Gasteiger partial charge in [-0.25, -0.2) is 0 Å². The molecule has 130 valence electrons. The Morgan fingerprint density at radius 2 is 1.92 bits per heavy atom. The molecular formula is C18H20F3NOS. The van der Waals surface area contributed by atoms with Crippen molar-refractivity contribution in [1.82, 2.24) is 4.98 Å². The molecule has 4 bridgehead atoms. The minimum Gasteiger partial charge on any atom is -0.298 e. The highest BCUT2D eigenvalue weighted by Gasteiger charge is 2.58. The summed E-state index contributed by atoms with van der Waals surface area (Å²) in [5.74, 6) is 3.67. The summed E-state index contributed by atoms with van der Waals surface area (Å²) in [6.45, 7) is 0. The Kier molecular flexibility index (Phi) is 3.94. The molecule has 2 atom stereocenters. The van der Waals surface area contributed by atoms with Crippen LogP contribution in [0.1, 0.15) is 43.4 Å². The van der Waals surface area contributed by atoms with E-state index in [-0.39, 0.29) is 5.41 Å². The lowest BCUT2D eigenvalue weighted by atomic mass is 9.67. The van der Waals surface area contributed by atoms with Gasteiger partial charge in [0.2, 0.25) is 0 Å². The summed E-state index contributed by atoms with van der Waals surface area (Å²) in [5, 5.41) is 0. The lowest BCUT2D eigenvalue weighted by Crippen LogP contribution is -2.36. The molecule has 2 unspecified atom stereocenters. The predicted molar refractivity (Wildman–Crippen MR) is 86.4 cm³/mol. The van der Waals surface area contributed by atoms with Crippen LogP contribution in [0.25, 0.3) is 0 Å². The summed E-state index contributed by atoms with van der Waals surface area (Å²) in [4.78, 5) is 16.2. The van der Waals surface area contributed by atoms with Crippen LogP contribution in [0.5, 0.6) is 0 Å². The first-order valence-electron chi connectivity index (χ1n) is 8.49. The molecule has 0 amide bonds. The van der Waals surface area contributed by atoms with Gasteiger partial charge < -0.3 is 0 Å². The van der Waals surface area contributed by atoms with Crippen molar-refractivity contribution >= 4 is 17.5 Å². The van der Waals surface area contributed by atoms with Gasteiger partial charge in [-0.3, -0.25) is 9.78 Å². The average molecular weight is 355 g/mol. The van der Waals surface area contributed by atoms with E-state index in [0.717, 1.165) is 48.6 Å². The lowest BCUT2D eigenvalue weighted by Gasteiger charge is -2.37. The fourth-order valence-corrected chi connectivity index (χ4v) is 6.24. The molecule has 5 rings (SSSR count). The van der Waals surface area contributed by atoms with Crippen LogP contribution >= 0.6 is 11.8 Å². The molecule has 4 aliphatic carbocycles. The van der Waals surface area contributed by atoms with Crippen LogP contribution in [0.4, 0.5) is 13.2 Å². The van der Waals surface area contributed by atoms with Gasteiger partial charge in [-0.15, -0.1) is 11.8 Å². The SMILES string of the molecule is O=C(CSCc1ccc(C(F)(F)F)nc1)C12CC3CC(C1)C(C3)C2. The standard InChI is InChI=1S/C18H20F3NOS/c19-18(20,21)15-2-1-11(8-22-15)9-24-10-16(23)17-5-12-3-13(6-17)14(4-12)7-17/h1-2,8,12-14H,3-7,9-10H2. The highest BCUT2D eigenvalue weighted by molar-refractivity contribution is 7.99. The smallest absolute Gasteiger partial charge is 0.298 e. The van der Waals surface area contributed by atoms with Gasteiger partial charge in [0.1, 0.15) is 11.5 Å². The number of nitrogens with zero attached hydrogens (tertiary/aromatic N) is 1.